The maximum absolute atomic E-state index is 6.37. The van der Waals surface area contributed by atoms with Crippen LogP contribution in [0, 0.1) is 0 Å². The van der Waals surface area contributed by atoms with Gasteiger partial charge in [0, 0.05) is 45.7 Å². The molecule has 2 heterocycles. The number of hydrogen-bond acceptors (Lipinski definition) is 4. The minimum atomic E-state index is 0.625. The topological polar surface area (TPSA) is 61.6 Å². The molecule has 0 aliphatic carbocycles. The van der Waals surface area contributed by atoms with E-state index in [0.717, 1.165) is 73.8 Å². The minimum Gasteiger partial charge on any atom is -0.367 e. The van der Waals surface area contributed by atoms with Crippen molar-refractivity contribution in [1.82, 2.24) is 25.0 Å². The summed E-state index contributed by atoms with van der Waals surface area (Å²) in [5.74, 6) is 1.93. The molecule has 0 unspecified atom stereocenters. The molecule has 0 radical (unpaired) electrons. The Kier molecular flexibility index (Phi) is 7.52. The van der Waals surface area contributed by atoms with E-state index in [-0.39, 0.29) is 0 Å². The summed E-state index contributed by atoms with van der Waals surface area (Å²) in [5, 5.41) is 12.5. The molecule has 7 nitrogen and oxygen atoms in total. The van der Waals surface area contributed by atoms with Gasteiger partial charge in [0.1, 0.15) is 12.2 Å². The Labute approximate surface area is 178 Å². The van der Waals surface area contributed by atoms with E-state index in [1.165, 1.54) is 0 Å². The van der Waals surface area contributed by atoms with Crippen LogP contribution < -0.4 is 10.2 Å². The Bertz CT molecular complexity index is 837. The Hall–Kier alpha value is -2.54. The first-order valence-corrected chi connectivity index (χ1v) is 10.5. The SMILES string of the molecule is C=C(C)CN=C(NCCn1cnnc1CC)N1CCN(c2ccccc2Cl)CC1. The lowest BCUT2D eigenvalue weighted by atomic mass is 10.2. The summed E-state index contributed by atoms with van der Waals surface area (Å²) in [6.45, 7) is 13.9. The number of benzene rings is 1. The molecule has 1 aromatic heterocycles. The summed E-state index contributed by atoms with van der Waals surface area (Å²) >= 11 is 6.37. The van der Waals surface area contributed by atoms with Gasteiger partial charge in [-0.2, -0.15) is 0 Å². The number of anilines is 1. The molecule has 156 valence electrons. The van der Waals surface area contributed by atoms with Crippen LogP contribution in [-0.4, -0.2) is 64.9 Å². The van der Waals surface area contributed by atoms with Gasteiger partial charge in [-0.3, -0.25) is 0 Å². The fraction of sp³-hybridized carbons (Fsp3) is 0.476. The maximum atomic E-state index is 6.37. The van der Waals surface area contributed by atoms with Crippen molar-refractivity contribution < 1.29 is 0 Å². The van der Waals surface area contributed by atoms with Crippen molar-refractivity contribution >= 4 is 23.2 Å². The Morgan fingerprint density at radius 1 is 1.24 bits per heavy atom. The van der Waals surface area contributed by atoms with Crippen molar-refractivity contribution in [1.29, 1.82) is 0 Å². The van der Waals surface area contributed by atoms with E-state index in [9.17, 15) is 0 Å². The first kappa shape index (κ1) is 21.2. The normalized spacial score (nSPS) is 14.9. The van der Waals surface area contributed by atoms with Crippen molar-refractivity contribution in [3.8, 4) is 0 Å². The molecule has 1 aromatic carbocycles. The molecular formula is C21H30ClN7. The molecule has 0 atom stereocenters. The fourth-order valence-corrected chi connectivity index (χ4v) is 3.63. The van der Waals surface area contributed by atoms with E-state index < -0.39 is 0 Å². The van der Waals surface area contributed by atoms with Crippen LogP contribution in [0.2, 0.25) is 5.02 Å². The van der Waals surface area contributed by atoms with Gasteiger partial charge >= 0.3 is 0 Å². The quantitative estimate of drug-likeness (QED) is 0.428. The number of piperazine rings is 1. The molecule has 3 rings (SSSR count). The molecule has 0 amide bonds. The van der Waals surface area contributed by atoms with Gasteiger partial charge in [-0.05, 0) is 19.1 Å². The zero-order valence-electron chi connectivity index (χ0n) is 17.3. The van der Waals surface area contributed by atoms with Crippen molar-refractivity contribution in [3.63, 3.8) is 0 Å². The van der Waals surface area contributed by atoms with Gasteiger partial charge in [0.2, 0.25) is 0 Å². The molecule has 1 aliphatic rings. The molecule has 2 aromatic rings. The van der Waals surface area contributed by atoms with Gasteiger partial charge in [0.15, 0.2) is 5.96 Å². The van der Waals surface area contributed by atoms with Gasteiger partial charge in [-0.15, -0.1) is 10.2 Å². The number of nitrogens with one attached hydrogen (secondary N) is 1. The van der Waals surface area contributed by atoms with E-state index in [4.69, 9.17) is 16.6 Å². The highest BCUT2D eigenvalue weighted by Crippen LogP contribution is 2.26. The monoisotopic (exact) mass is 415 g/mol. The summed E-state index contributed by atoms with van der Waals surface area (Å²) < 4.78 is 2.08. The highest BCUT2D eigenvalue weighted by Gasteiger charge is 2.21. The van der Waals surface area contributed by atoms with Crippen LogP contribution in [-0.2, 0) is 13.0 Å². The maximum Gasteiger partial charge on any atom is 0.194 e. The van der Waals surface area contributed by atoms with Crippen LogP contribution in [0.1, 0.15) is 19.7 Å². The van der Waals surface area contributed by atoms with Crippen LogP contribution in [0.15, 0.2) is 47.7 Å². The van der Waals surface area contributed by atoms with Crippen LogP contribution in [0.4, 0.5) is 5.69 Å². The predicted molar refractivity (Wildman–Crippen MR) is 120 cm³/mol. The van der Waals surface area contributed by atoms with Gasteiger partial charge in [0.25, 0.3) is 0 Å². The van der Waals surface area contributed by atoms with Crippen molar-refractivity contribution in [3.05, 3.63) is 53.6 Å². The second-order valence-corrected chi connectivity index (χ2v) is 7.65. The van der Waals surface area contributed by atoms with Crippen LogP contribution in [0.25, 0.3) is 0 Å². The summed E-state index contributed by atoms with van der Waals surface area (Å²) in [5.41, 5.74) is 2.15. The second kappa shape index (κ2) is 10.3. The summed E-state index contributed by atoms with van der Waals surface area (Å²) in [6, 6.07) is 8.02. The molecule has 1 fully saturated rings. The molecule has 0 bridgehead atoms. The molecule has 0 spiro atoms. The number of para-hydroxylation sites is 1. The second-order valence-electron chi connectivity index (χ2n) is 7.24. The van der Waals surface area contributed by atoms with Crippen molar-refractivity contribution in [2.24, 2.45) is 4.99 Å². The average molecular weight is 416 g/mol. The Morgan fingerprint density at radius 3 is 2.69 bits per heavy atom. The smallest absolute Gasteiger partial charge is 0.194 e. The number of hydrogen-bond donors (Lipinski definition) is 1. The molecular weight excluding hydrogens is 386 g/mol. The van der Waals surface area contributed by atoms with Gasteiger partial charge in [0.05, 0.1) is 17.3 Å². The number of halogens is 1. The van der Waals surface area contributed by atoms with Crippen molar-refractivity contribution in [2.45, 2.75) is 26.8 Å². The number of nitrogens with zero attached hydrogens (tertiary/aromatic N) is 6. The fourth-order valence-electron chi connectivity index (χ4n) is 3.37. The largest absolute Gasteiger partial charge is 0.367 e. The minimum absolute atomic E-state index is 0.625. The van der Waals surface area contributed by atoms with E-state index in [2.05, 4.69) is 49.5 Å². The third-order valence-electron chi connectivity index (χ3n) is 4.92. The van der Waals surface area contributed by atoms with Gasteiger partial charge < -0.3 is 19.7 Å². The predicted octanol–water partition coefficient (Wildman–Crippen LogP) is 2.84. The number of aromatic nitrogens is 3. The third kappa shape index (κ3) is 5.73. The molecule has 8 heteroatoms. The first-order chi connectivity index (χ1) is 14.1. The van der Waals surface area contributed by atoms with E-state index in [1.807, 2.05) is 25.1 Å². The zero-order chi connectivity index (χ0) is 20.6. The number of guanidine groups is 1. The molecule has 0 saturated carbocycles. The van der Waals surface area contributed by atoms with Gasteiger partial charge in [-0.25, -0.2) is 4.99 Å². The number of rotatable bonds is 7. The van der Waals surface area contributed by atoms with Crippen molar-refractivity contribution in [2.75, 3.05) is 44.2 Å². The van der Waals surface area contributed by atoms with E-state index >= 15 is 0 Å². The number of aryl methyl sites for hydroxylation is 1. The first-order valence-electron chi connectivity index (χ1n) is 10.1. The molecule has 29 heavy (non-hydrogen) atoms. The molecule has 1 N–H and O–H groups in total. The van der Waals surface area contributed by atoms with Crippen LogP contribution in [0.5, 0.6) is 0 Å². The molecule has 1 saturated heterocycles. The standard InChI is InChI=1S/C21H30ClN7/c1-4-20-26-25-16-29(20)10-9-23-21(24-15-17(2)3)28-13-11-27(12-14-28)19-8-6-5-7-18(19)22/h5-8,16H,2,4,9-15H2,1,3H3,(H,23,24). The zero-order valence-corrected chi connectivity index (χ0v) is 18.1. The highest BCUT2D eigenvalue weighted by molar-refractivity contribution is 6.33. The number of aliphatic imine (C=N–C) groups is 1. The van der Waals surface area contributed by atoms with Crippen LogP contribution >= 0.6 is 11.6 Å². The average Bonchev–Trinajstić information content (AvgIpc) is 3.18. The third-order valence-corrected chi connectivity index (χ3v) is 5.24. The summed E-state index contributed by atoms with van der Waals surface area (Å²) in [4.78, 5) is 9.41. The lowest BCUT2D eigenvalue weighted by Gasteiger charge is -2.38. The summed E-state index contributed by atoms with van der Waals surface area (Å²) in [6.07, 6.45) is 2.66. The van der Waals surface area contributed by atoms with E-state index in [0.29, 0.717) is 6.54 Å². The Morgan fingerprint density at radius 2 is 2.00 bits per heavy atom. The summed E-state index contributed by atoms with van der Waals surface area (Å²) in [7, 11) is 0. The van der Waals surface area contributed by atoms with E-state index in [1.54, 1.807) is 6.33 Å². The lowest BCUT2D eigenvalue weighted by molar-refractivity contribution is 0.371. The Balaban J connectivity index is 1.59. The lowest BCUT2D eigenvalue weighted by Crippen LogP contribution is -2.53. The molecule has 1 aliphatic heterocycles. The highest BCUT2D eigenvalue weighted by atomic mass is 35.5. The van der Waals surface area contributed by atoms with Gasteiger partial charge in [-0.1, -0.05) is 42.8 Å². The van der Waals surface area contributed by atoms with Crippen LogP contribution in [0.3, 0.4) is 0 Å².